The van der Waals surface area contributed by atoms with Gasteiger partial charge in [0.25, 0.3) is 0 Å². The average molecular weight is 526 g/mol. The number of carbonyl (C=O) groups is 1. The van der Waals surface area contributed by atoms with Gasteiger partial charge in [0.2, 0.25) is 5.84 Å². The zero-order valence-electron chi connectivity index (χ0n) is 21.2. The van der Waals surface area contributed by atoms with Crippen LogP contribution < -0.4 is 5.73 Å². The van der Waals surface area contributed by atoms with Crippen LogP contribution in [0.3, 0.4) is 0 Å². The normalized spacial score (nSPS) is 17.5. The van der Waals surface area contributed by atoms with Gasteiger partial charge in [0.15, 0.2) is 5.82 Å². The molecule has 1 aromatic heterocycles. The molecule has 0 bridgehead atoms. The largest absolute Gasteiger partial charge is 0.475 e. The van der Waals surface area contributed by atoms with Gasteiger partial charge in [-0.3, -0.25) is 0 Å². The maximum absolute atomic E-state index is 13.1. The van der Waals surface area contributed by atoms with Crippen LogP contribution in [-0.2, 0) is 17.5 Å². The van der Waals surface area contributed by atoms with Crippen molar-refractivity contribution in [2.75, 3.05) is 6.54 Å². The van der Waals surface area contributed by atoms with Crippen LogP contribution in [0.15, 0.2) is 53.5 Å². The van der Waals surface area contributed by atoms with Crippen molar-refractivity contribution in [1.82, 2.24) is 14.5 Å². The summed E-state index contributed by atoms with van der Waals surface area (Å²) >= 11 is 0. The van der Waals surface area contributed by atoms with Crippen molar-refractivity contribution in [2.45, 2.75) is 57.9 Å². The number of nitrogens with zero attached hydrogens (tertiary/aromatic N) is 4. The van der Waals surface area contributed by atoms with Crippen LogP contribution in [0.2, 0.25) is 0 Å². The first kappa shape index (κ1) is 26.0. The first-order valence-electron chi connectivity index (χ1n) is 12.7. The lowest BCUT2D eigenvalue weighted by Gasteiger charge is -2.33. The summed E-state index contributed by atoms with van der Waals surface area (Å²) in [6.45, 7) is 4.80. The summed E-state index contributed by atoms with van der Waals surface area (Å²) < 4.78 is 41.3. The topological polar surface area (TPSA) is 96.7 Å². The van der Waals surface area contributed by atoms with Gasteiger partial charge in [-0.25, -0.2) is 14.8 Å². The molecule has 1 fully saturated rings. The molecular weight excluding hydrogens is 495 g/mol. The van der Waals surface area contributed by atoms with E-state index in [1.807, 2.05) is 28.8 Å². The van der Waals surface area contributed by atoms with E-state index in [1.54, 1.807) is 4.90 Å². The van der Waals surface area contributed by atoms with Gasteiger partial charge in [-0.2, -0.15) is 13.2 Å². The molecule has 1 atom stereocenters. The molecule has 3 N–H and O–H groups in total. The van der Waals surface area contributed by atoms with E-state index < -0.39 is 23.9 Å². The second-order valence-electron chi connectivity index (χ2n) is 10.3. The highest BCUT2D eigenvalue weighted by molar-refractivity contribution is 6.35. The van der Waals surface area contributed by atoms with E-state index in [4.69, 9.17) is 10.7 Å². The van der Waals surface area contributed by atoms with E-state index in [-0.39, 0.29) is 24.1 Å². The number of imidazole rings is 1. The molecule has 0 radical (unpaired) electrons. The van der Waals surface area contributed by atoms with Crippen LogP contribution in [-0.4, -0.2) is 37.9 Å². The van der Waals surface area contributed by atoms with E-state index in [0.717, 1.165) is 42.5 Å². The number of amidine groups is 1. The molecule has 2 heterocycles. The number of carboxylic acid groups (broad SMARTS) is 1. The third-order valence-corrected chi connectivity index (χ3v) is 7.19. The summed E-state index contributed by atoms with van der Waals surface area (Å²) in [7, 11) is 0. The number of aliphatic carboxylic acids is 1. The monoisotopic (exact) mass is 525 g/mol. The molecule has 1 saturated carbocycles. The van der Waals surface area contributed by atoms with Gasteiger partial charge < -0.3 is 20.3 Å². The maximum atomic E-state index is 13.1. The summed E-state index contributed by atoms with van der Waals surface area (Å²) in [5.74, 6) is 0.249. The number of carboxylic acids is 1. The Morgan fingerprint density at radius 2 is 1.87 bits per heavy atom. The minimum Gasteiger partial charge on any atom is -0.475 e. The van der Waals surface area contributed by atoms with Crippen LogP contribution in [0.5, 0.6) is 0 Å². The maximum Gasteiger partial charge on any atom is 0.416 e. The van der Waals surface area contributed by atoms with E-state index in [0.29, 0.717) is 29.5 Å². The Morgan fingerprint density at radius 1 is 1.16 bits per heavy atom. The summed E-state index contributed by atoms with van der Waals surface area (Å²) in [6.07, 6.45) is -2.20. The fraction of sp³-hybridized carbons (Fsp3) is 0.393. The molecule has 5 rings (SSSR count). The second kappa shape index (κ2) is 9.90. The van der Waals surface area contributed by atoms with Gasteiger partial charge in [-0.05, 0) is 47.6 Å². The Balaban J connectivity index is 1.62. The Bertz CT molecular complexity index is 1370. The zero-order chi connectivity index (χ0) is 27.2. The highest BCUT2D eigenvalue weighted by atomic mass is 19.4. The Hall–Kier alpha value is -3.66. The van der Waals surface area contributed by atoms with Gasteiger partial charge in [-0.15, -0.1) is 0 Å². The van der Waals surface area contributed by atoms with Gasteiger partial charge >= 0.3 is 12.1 Å². The first-order valence-corrected chi connectivity index (χ1v) is 12.7. The lowest BCUT2D eigenvalue weighted by atomic mass is 10.0. The summed E-state index contributed by atoms with van der Waals surface area (Å²) in [4.78, 5) is 22.8. The smallest absolute Gasteiger partial charge is 0.416 e. The summed E-state index contributed by atoms with van der Waals surface area (Å²) in [6, 6.07) is 12.9. The molecule has 200 valence electrons. The Kier molecular flexibility index (Phi) is 6.77. The van der Waals surface area contributed by atoms with Gasteiger partial charge in [0.05, 0.1) is 5.56 Å². The highest BCUT2D eigenvalue weighted by Crippen LogP contribution is 2.39. The molecule has 0 saturated heterocycles. The molecule has 0 spiro atoms. The molecule has 1 aliphatic heterocycles. The predicted molar refractivity (Wildman–Crippen MR) is 138 cm³/mol. The molecular formula is C28H30F3N5O2. The van der Waals surface area contributed by atoms with Crippen LogP contribution in [0.4, 0.5) is 19.0 Å². The van der Waals surface area contributed by atoms with Crippen molar-refractivity contribution in [3.8, 4) is 11.4 Å². The van der Waals surface area contributed by atoms with E-state index >= 15 is 0 Å². The van der Waals surface area contributed by atoms with Crippen molar-refractivity contribution in [1.29, 1.82) is 0 Å². The van der Waals surface area contributed by atoms with E-state index in [9.17, 15) is 23.1 Å². The molecule has 0 amide bonds. The second-order valence-corrected chi connectivity index (χ2v) is 10.3. The molecule has 2 aliphatic rings. The predicted octanol–water partition coefficient (Wildman–Crippen LogP) is 5.93. The number of nitrogens with two attached hydrogens (primary N) is 1. The molecule has 2 aromatic carbocycles. The van der Waals surface area contributed by atoms with Crippen LogP contribution in [0, 0.1) is 5.92 Å². The molecule has 1 unspecified atom stereocenters. The SMILES string of the molecule is CC(C)c1cccc(-c2nc3c(n2Cc2ccc(C(F)(F)F)cc2)C(N)N(CCC2CC2)C(C(=O)O)=N3)c1. The van der Waals surface area contributed by atoms with Crippen LogP contribution >= 0.6 is 0 Å². The summed E-state index contributed by atoms with van der Waals surface area (Å²) in [5, 5.41) is 9.90. The number of hydrogen-bond donors (Lipinski definition) is 2. The lowest BCUT2D eigenvalue weighted by molar-refractivity contribution is -0.137. The quantitative estimate of drug-likeness (QED) is 0.380. The highest BCUT2D eigenvalue weighted by Gasteiger charge is 2.37. The first-order chi connectivity index (χ1) is 18.0. The summed E-state index contributed by atoms with van der Waals surface area (Å²) in [5.41, 5.74) is 9.03. The average Bonchev–Trinajstić information content (AvgIpc) is 3.63. The number of aromatic nitrogens is 2. The number of fused-ring (bicyclic) bond motifs is 1. The van der Waals surface area contributed by atoms with E-state index in [2.05, 4.69) is 18.8 Å². The van der Waals surface area contributed by atoms with E-state index in [1.165, 1.54) is 12.1 Å². The number of rotatable bonds is 8. The van der Waals surface area contributed by atoms with Crippen molar-refractivity contribution < 1.29 is 23.1 Å². The zero-order valence-corrected chi connectivity index (χ0v) is 21.2. The van der Waals surface area contributed by atoms with Gasteiger partial charge in [-0.1, -0.05) is 57.0 Å². The molecule has 7 nitrogen and oxygen atoms in total. The molecule has 3 aromatic rings. The molecule has 1 aliphatic carbocycles. The van der Waals surface area contributed by atoms with Crippen LogP contribution in [0.1, 0.15) is 67.6 Å². The van der Waals surface area contributed by atoms with Gasteiger partial charge in [0, 0.05) is 18.7 Å². The van der Waals surface area contributed by atoms with Crippen LogP contribution in [0.25, 0.3) is 11.4 Å². The van der Waals surface area contributed by atoms with Crippen molar-refractivity contribution in [3.63, 3.8) is 0 Å². The number of halogens is 3. The number of hydrogen-bond acceptors (Lipinski definition) is 5. The standard InChI is InChI=1S/C28H30F3N5O2/c1-16(2)19-4-3-5-20(14-19)25-33-24-22(36(25)15-18-8-10-21(11-9-18)28(29,30)31)23(32)35(13-12-17-6-7-17)26(34-24)27(37)38/h3-5,8-11,14,16-17,23H,6-7,12-13,15,32H2,1-2H3,(H,37,38). The fourth-order valence-corrected chi connectivity index (χ4v) is 4.81. The fourth-order valence-electron chi connectivity index (χ4n) is 4.81. The third kappa shape index (κ3) is 5.18. The number of aliphatic imine (C=N–C) groups is 1. The minimum absolute atomic E-state index is 0.146. The van der Waals surface area contributed by atoms with Gasteiger partial charge in [0.1, 0.15) is 17.7 Å². The van der Waals surface area contributed by atoms with Crippen molar-refractivity contribution >= 4 is 17.6 Å². The number of alkyl halides is 3. The number of benzene rings is 2. The molecule has 10 heteroatoms. The Labute approximate surface area is 218 Å². The van der Waals surface area contributed by atoms with Crippen molar-refractivity contribution in [3.05, 3.63) is 70.9 Å². The molecule has 38 heavy (non-hydrogen) atoms. The minimum atomic E-state index is -4.43. The lowest BCUT2D eigenvalue weighted by Crippen LogP contribution is -2.46. The van der Waals surface area contributed by atoms with Crippen molar-refractivity contribution in [2.24, 2.45) is 16.6 Å². The third-order valence-electron chi connectivity index (χ3n) is 7.19. The Morgan fingerprint density at radius 3 is 2.47 bits per heavy atom.